The number of nitrogens with one attached hydrogen (secondary N) is 2. The summed E-state index contributed by atoms with van der Waals surface area (Å²) < 4.78 is 13.8. The Balaban J connectivity index is 0.00000312. The summed E-state index contributed by atoms with van der Waals surface area (Å²) in [4.78, 5) is 4.51. The van der Waals surface area contributed by atoms with Crippen LogP contribution in [-0.4, -0.2) is 12.5 Å². The van der Waals surface area contributed by atoms with Crippen molar-refractivity contribution in [2.75, 3.05) is 6.54 Å². The van der Waals surface area contributed by atoms with Crippen LogP contribution in [0.25, 0.3) is 0 Å². The lowest BCUT2D eigenvalue weighted by Gasteiger charge is -2.12. The summed E-state index contributed by atoms with van der Waals surface area (Å²) in [5, 5.41) is 15.1. The van der Waals surface area contributed by atoms with Gasteiger partial charge in [0.2, 0.25) is 0 Å². The Morgan fingerprint density at radius 1 is 1.16 bits per heavy atom. The van der Waals surface area contributed by atoms with E-state index in [0.29, 0.717) is 30.2 Å². The van der Waals surface area contributed by atoms with E-state index in [2.05, 4.69) is 15.6 Å². The molecule has 0 aliphatic heterocycles. The molecule has 0 radical (unpaired) electrons. The van der Waals surface area contributed by atoms with Crippen LogP contribution in [-0.2, 0) is 13.1 Å². The minimum absolute atomic E-state index is 0. The summed E-state index contributed by atoms with van der Waals surface area (Å²) in [5.74, 6) is 0.274. The second-order valence-electron chi connectivity index (χ2n) is 5.45. The Labute approximate surface area is 165 Å². The summed E-state index contributed by atoms with van der Waals surface area (Å²) in [6.45, 7) is 5.53. The number of aryl methyl sites for hydroxylation is 1. The Hall–Kier alpha value is -2.14. The second kappa shape index (κ2) is 10.7. The number of nitriles is 1. The van der Waals surface area contributed by atoms with E-state index in [0.717, 1.165) is 5.56 Å². The number of hydrogen-bond donors (Lipinski definition) is 2. The molecule has 0 saturated heterocycles. The van der Waals surface area contributed by atoms with E-state index in [1.807, 2.05) is 44.2 Å². The Bertz CT molecular complexity index is 751. The van der Waals surface area contributed by atoms with Crippen LogP contribution >= 0.6 is 24.0 Å². The first-order chi connectivity index (χ1) is 11.6. The molecule has 0 aliphatic carbocycles. The van der Waals surface area contributed by atoms with E-state index in [-0.39, 0.29) is 36.3 Å². The summed E-state index contributed by atoms with van der Waals surface area (Å²) in [7, 11) is 0. The van der Waals surface area contributed by atoms with Gasteiger partial charge in [-0.25, -0.2) is 9.38 Å². The lowest BCUT2D eigenvalue weighted by atomic mass is 10.1. The standard InChI is InChI=1S/C19H21FN4.HI/c1-3-22-19(23-12-15-6-4-14(2)5-7-15)24-13-17-10-16(11-21)8-9-18(17)20;/h4-10H,3,12-13H2,1-2H3,(H2,22,23,24);1H. The van der Waals surface area contributed by atoms with Crippen LogP contribution in [0, 0.1) is 24.1 Å². The average Bonchev–Trinajstić information content (AvgIpc) is 2.60. The van der Waals surface area contributed by atoms with Gasteiger partial charge in [-0.15, -0.1) is 24.0 Å². The molecule has 4 nitrogen and oxygen atoms in total. The summed E-state index contributed by atoms with van der Waals surface area (Å²) in [6.07, 6.45) is 0. The van der Waals surface area contributed by atoms with Gasteiger partial charge in [-0.05, 0) is 37.6 Å². The van der Waals surface area contributed by atoms with Crippen molar-refractivity contribution in [3.8, 4) is 6.07 Å². The molecule has 2 N–H and O–H groups in total. The first-order valence-electron chi connectivity index (χ1n) is 7.88. The third-order valence-electron chi connectivity index (χ3n) is 3.51. The normalized spacial score (nSPS) is 10.6. The Morgan fingerprint density at radius 2 is 1.88 bits per heavy atom. The van der Waals surface area contributed by atoms with E-state index >= 15 is 0 Å². The number of guanidine groups is 1. The van der Waals surface area contributed by atoms with Crippen molar-refractivity contribution in [3.05, 3.63) is 70.5 Å². The molecule has 0 spiro atoms. The zero-order chi connectivity index (χ0) is 17.4. The number of halogens is 2. The number of nitrogens with zero attached hydrogens (tertiary/aromatic N) is 2. The summed E-state index contributed by atoms with van der Waals surface area (Å²) in [6, 6.07) is 14.5. The molecular weight excluding hydrogens is 430 g/mol. The zero-order valence-electron chi connectivity index (χ0n) is 14.3. The highest BCUT2D eigenvalue weighted by Crippen LogP contribution is 2.10. The number of rotatable bonds is 5. The maximum atomic E-state index is 13.8. The largest absolute Gasteiger partial charge is 0.357 e. The fourth-order valence-corrected chi connectivity index (χ4v) is 2.16. The van der Waals surface area contributed by atoms with E-state index < -0.39 is 0 Å². The van der Waals surface area contributed by atoms with Gasteiger partial charge in [0.15, 0.2) is 5.96 Å². The van der Waals surface area contributed by atoms with Crippen LogP contribution in [0.3, 0.4) is 0 Å². The van der Waals surface area contributed by atoms with Crippen molar-refractivity contribution in [2.24, 2.45) is 4.99 Å². The van der Waals surface area contributed by atoms with Crippen LogP contribution in [0.2, 0.25) is 0 Å². The van der Waals surface area contributed by atoms with E-state index in [9.17, 15) is 4.39 Å². The van der Waals surface area contributed by atoms with Gasteiger partial charge >= 0.3 is 0 Å². The highest BCUT2D eigenvalue weighted by Gasteiger charge is 2.05. The lowest BCUT2D eigenvalue weighted by molar-refractivity contribution is 0.604. The van der Waals surface area contributed by atoms with Gasteiger partial charge in [-0.1, -0.05) is 29.8 Å². The first kappa shape index (κ1) is 20.9. The van der Waals surface area contributed by atoms with Crippen molar-refractivity contribution in [1.29, 1.82) is 5.26 Å². The van der Waals surface area contributed by atoms with Crippen LogP contribution < -0.4 is 10.6 Å². The zero-order valence-corrected chi connectivity index (χ0v) is 16.7. The highest BCUT2D eigenvalue weighted by atomic mass is 127. The molecule has 6 heteroatoms. The first-order valence-corrected chi connectivity index (χ1v) is 7.88. The predicted molar refractivity (Wildman–Crippen MR) is 109 cm³/mol. The van der Waals surface area contributed by atoms with Crippen molar-refractivity contribution < 1.29 is 4.39 Å². The fourth-order valence-electron chi connectivity index (χ4n) is 2.16. The molecule has 0 saturated carbocycles. The average molecular weight is 452 g/mol. The minimum Gasteiger partial charge on any atom is -0.357 e. The van der Waals surface area contributed by atoms with Crippen LogP contribution in [0.15, 0.2) is 47.5 Å². The van der Waals surface area contributed by atoms with Crippen LogP contribution in [0.5, 0.6) is 0 Å². The number of benzene rings is 2. The maximum Gasteiger partial charge on any atom is 0.191 e. The third-order valence-corrected chi connectivity index (χ3v) is 3.51. The molecule has 2 rings (SSSR count). The molecule has 0 aliphatic rings. The molecule has 2 aromatic rings. The van der Waals surface area contributed by atoms with Crippen molar-refractivity contribution in [2.45, 2.75) is 26.9 Å². The Morgan fingerprint density at radius 3 is 2.52 bits per heavy atom. The molecule has 2 aromatic carbocycles. The van der Waals surface area contributed by atoms with Gasteiger partial charge in [-0.2, -0.15) is 5.26 Å². The topological polar surface area (TPSA) is 60.2 Å². The van der Waals surface area contributed by atoms with Crippen molar-refractivity contribution in [1.82, 2.24) is 10.6 Å². The van der Waals surface area contributed by atoms with E-state index in [1.165, 1.54) is 17.7 Å². The smallest absolute Gasteiger partial charge is 0.191 e. The lowest BCUT2D eigenvalue weighted by Crippen LogP contribution is -2.37. The third kappa shape index (κ3) is 6.70. The van der Waals surface area contributed by atoms with Gasteiger partial charge in [0.05, 0.1) is 18.2 Å². The predicted octanol–water partition coefficient (Wildman–Crippen LogP) is 3.88. The minimum atomic E-state index is -0.337. The van der Waals surface area contributed by atoms with E-state index in [1.54, 1.807) is 6.07 Å². The number of hydrogen-bond acceptors (Lipinski definition) is 2. The molecule has 0 fully saturated rings. The molecule has 0 aromatic heterocycles. The molecule has 0 unspecified atom stereocenters. The maximum absolute atomic E-state index is 13.8. The molecule has 132 valence electrons. The van der Waals surface area contributed by atoms with Gasteiger partial charge in [0.25, 0.3) is 0 Å². The molecule has 0 heterocycles. The molecule has 0 amide bonds. The van der Waals surface area contributed by atoms with Crippen LogP contribution in [0.1, 0.15) is 29.2 Å². The van der Waals surface area contributed by atoms with Gasteiger partial charge < -0.3 is 10.6 Å². The number of aliphatic imine (C=N–C) groups is 1. The highest BCUT2D eigenvalue weighted by molar-refractivity contribution is 14.0. The monoisotopic (exact) mass is 452 g/mol. The quantitative estimate of drug-likeness (QED) is 0.411. The summed E-state index contributed by atoms with van der Waals surface area (Å²) >= 11 is 0. The SMILES string of the molecule is CCNC(=NCc1ccc(C)cc1)NCc1cc(C#N)ccc1F.I. The molecule has 25 heavy (non-hydrogen) atoms. The van der Waals surface area contributed by atoms with Crippen molar-refractivity contribution >= 4 is 29.9 Å². The van der Waals surface area contributed by atoms with Gasteiger partial charge in [-0.3, -0.25) is 0 Å². The summed E-state index contributed by atoms with van der Waals surface area (Å²) in [5.41, 5.74) is 3.20. The van der Waals surface area contributed by atoms with Gasteiger partial charge in [0.1, 0.15) is 5.82 Å². The molecule has 0 atom stereocenters. The van der Waals surface area contributed by atoms with Gasteiger partial charge in [0, 0.05) is 18.7 Å². The molecular formula is C19H22FIN4. The van der Waals surface area contributed by atoms with E-state index in [4.69, 9.17) is 5.26 Å². The van der Waals surface area contributed by atoms with Crippen LogP contribution in [0.4, 0.5) is 4.39 Å². The molecule has 0 bridgehead atoms. The van der Waals surface area contributed by atoms with Crippen molar-refractivity contribution in [3.63, 3.8) is 0 Å². The Kier molecular flexibility index (Phi) is 8.92. The fraction of sp³-hybridized carbons (Fsp3) is 0.263. The second-order valence-corrected chi connectivity index (χ2v) is 5.45.